The van der Waals surface area contributed by atoms with Crippen LogP contribution >= 0.6 is 0 Å². The number of ether oxygens (including phenoxy) is 4. The van der Waals surface area contributed by atoms with Gasteiger partial charge in [-0.05, 0) is 24.1 Å². The second-order valence-electron chi connectivity index (χ2n) is 5.75. The summed E-state index contributed by atoms with van der Waals surface area (Å²) >= 11 is 0. The van der Waals surface area contributed by atoms with Crippen LogP contribution in [0.2, 0.25) is 0 Å². The molecule has 0 aliphatic rings. The van der Waals surface area contributed by atoms with E-state index in [1.54, 1.807) is 27.4 Å². The monoisotopic (exact) mass is 353 g/mol. The summed E-state index contributed by atoms with van der Waals surface area (Å²) in [6.45, 7) is 7.06. The normalized spacial score (nSPS) is 12.2. The molecule has 0 fully saturated rings. The SMILES string of the molecule is C=CCOCC(O)CN(CCCOC)Cc1ccc(OC)c(OC)c1. The van der Waals surface area contributed by atoms with E-state index in [4.69, 9.17) is 18.9 Å². The van der Waals surface area contributed by atoms with Crippen molar-refractivity contribution >= 4 is 0 Å². The van der Waals surface area contributed by atoms with Crippen LogP contribution in [-0.4, -0.2) is 70.3 Å². The fraction of sp³-hybridized carbons (Fsp3) is 0.579. The van der Waals surface area contributed by atoms with Crippen LogP contribution in [0.15, 0.2) is 30.9 Å². The van der Waals surface area contributed by atoms with E-state index in [0.29, 0.717) is 44.4 Å². The van der Waals surface area contributed by atoms with Crippen molar-refractivity contribution in [3.05, 3.63) is 36.4 Å². The molecule has 0 amide bonds. The lowest BCUT2D eigenvalue weighted by Crippen LogP contribution is -2.35. The van der Waals surface area contributed by atoms with E-state index in [1.807, 2.05) is 18.2 Å². The Bertz CT molecular complexity index is 495. The second kappa shape index (κ2) is 12.7. The third kappa shape index (κ3) is 8.36. The molecule has 6 nitrogen and oxygen atoms in total. The molecule has 6 heteroatoms. The second-order valence-corrected chi connectivity index (χ2v) is 5.75. The molecule has 1 aromatic rings. The van der Waals surface area contributed by atoms with Crippen LogP contribution < -0.4 is 9.47 Å². The highest BCUT2D eigenvalue weighted by molar-refractivity contribution is 5.42. The minimum Gasteiger partial charge on any atom is -0.493 e. The van der Waals surface area contributed by atoms with E-state index in [1.165, 1.54) is 0 Å². The molecule has 0 saturated carbocycles. The minimum absolute atomic E-state index is 0.290. The van der Waals surface area contributed by atoms with Crippen LogP contribution in [0, 0.1) is 0 Å². The first-order valence-electron chi connectivity index (χ1n) is 8.43. The quantitative estimate of drug-likeness (QED) is 0.408. The van der Waals surface area contributed by atoms with Gasteiger partial charge >= 0.3 is 0 Å². The van der Waals surface area contributed by atoms with E-state index in [-0.39, 0.29) is 0 Å². The van der Waals surface area contributed by atoms with E-state index in [9.17, 15) is 5.11 Å². The van der Waals surface area contributed by atoms with E-state index in [0.717, 1.165) is 18.5 Å². The van der Waals surface area contributed by atoms with Crippen LogP contribution in [0.4, 0.5) is 0 Å². The zero-order valence-corrected chi connectivity index (χ0v) is 15.6. The largest absolute Gasteiger partial charge is 0.493 e. The van der Waals surface area contributed by atoms with Gasteiger partial charge < -0.3 is 24.1 Å². The van der Waals surface area contributed by atoms with E-state index < -0.39 is 6.10 Å². The van der Waals surface area contributed by atoms with Gasteiger partial charge in [0.05, 0.1) is 33.5 Å². The molecule has 25 heavy (non-hydrogen) atoms. The summed E-state index contributed by atoms with van der Waals surface area (Å²) in [4.78, 5) is 2.18. The Labute approximate surface area is 150 Å². The van der Waals surface area contributed by atoms with Crippen molar-refractivity contribution in [3.8, 4) is 11.5 Å². The first kappa shape index (κ1) is 21.4. The van der Waals surface area contributed by atoms with Crippen LogP contribution in [0.5, 0.6) is 11.5 Å². The van der Waals surface area contributed by atoms with E-state index >= 15 is 0 Å². The van der Waals surface area contributed by atoms with Crippen LogP contribution in [0.1, 0.15) is 12.0 Å². The Balaban J connectivity index is 2.69. The third-order valence-electron chi connectivity index (χ3n) is 3.69. The van der Waals surface area contributed by atoms with Crippen molar-refractivity contribution in [3.63, 3.8) is 0 Å². The number of rotatable bonds is 14. The van der Waals surface area contributed by atoms with Gasteiger partial charge in [0.2, 0.25) is 0 Å². The molecule has 0 saturated heterocycles. The number of nitrogens with zero attached hydrogens (tertiary/aromatic N) is 1. The highest BCUT2D eigenvalue weighted by Crippen LogP contribution is 2.28. The number of hydrogen-bond acceptors (Lipinski definition) is 6. The Morgan fingerprint density at radius 2 is 1.96 bits per heavy atom. The Morgan fingerprint density at radius 1 is 1.20 bits per heavy atom. The number of aliphatic hydroxyl groups excluding tert-OH is 1. The fourth-order valence-corrected chi connectivity index (χ4v) is 2.54. The molecule has 142 valence electrons. The van der Waals surface area contributed by atoms with Gasteiger partial charge in [0, 0.05) is 33.4 Å². The van der Waals surface area contributed by atoms with Crippen LogP contribution in [-0.2, 0) is 16.0 Å². The molecule has 0 heterocycles. The molecule has 1 aromatic carbocycles. The molecule has 0 radical (unpaired) electrons. The standard InChI is InChI=1S/C19H31NO5/c1-5-10-25-15-17(21)14-20(9-6-11-22-2)13-16-7-8-18(23-3)19(12-16)24-4/h5,7-8,12,17,21H,1,6,9-11,13-15H2,2-4H3. The molecule has 1 atom stereocenters. The van der Waals surface area contributed by atoms with Crippen molar-refractivity contribution in [1.82, 2.24) is 4.90 Å². The van der Waals surface area contributed by atoms with Gasteiger partial charge in [0.1, 0.15) is 0 Å². The Hall–Kier alpha value is -1.60. The van der Waals surface area contributed by atoms with Crippen molar-refractivity contribution in [1.29, 1.82) is 0 Å². The van der Waals surface area contributed by atoms with Gasteiger partial charge in [-0.25, -0.2) is 0 Å². The average molecular weight is 353 g/mol. The lowest BCUT2D eigenvalue weighted by molar-refractivity contribution is 0.0229. The lowest BCUT2D eigenvalue weighted by Gasteiger charge is -2.25. The van der Waals surface area contributed by atoms with Gasteiger partial charge in [-0.15, -0.1) is 6.58 Å². The fourth-order valence-electron chi connectivity index (χ4n) is 2.54. The molecular weight excluding hydrogens is 322 g/mol. The number of benzene rings is 1. The molecule has 1 rings (SSSR count). The third-order valence-corrected chi connectivity index (χ3v) is 3.69. The predicted octanol–water partition coefficient (Wildman–Crippen LogP) is 2.11. The summed E-state index contributed by atoms with van der Waals surface area (Å²) in [5.74, 6) is 1.40. The van der Waals surface area contributed by atoms with Gasteiger partial charge in [-0.2, -0.15) is 0 Å². The molecule has 1 unspecified atom stereocenters. The number of methoxy groups -OCH3 is 3. The Morgan fingerprint density at radius 3 is 2.60 bits per heavy atom. The molecule has 0 spiro atoms. The maximum Gasteiger partial charge on any atom is 0.161 e. The molecule has 0 aliphatic heterocycles. The summed E-state index contributed by atoms with van der Waals surface area (Å²) in [5.41, 5.74) is 1.09. The average Bonchev–Trinajstić information content (AvgIpc) is 2.62. The van der Waals surface area contributed by atoms with E-state index in [2.05, 4.69) is 11.5 Å². The molecular formula is C19H31NO5. The van der Waals surface area contributed by atoms with Crippen molar-refractivity contribution in [2.45, 2.75) is 19.1 Å². The maximum atomic E-state index is 10.2. The van der Waals surface area contributed by atoms with Gasteiger partial charge in [0.15, 0.2) is 11.5 Å². The van der Waals surface area contributed by atoms with Crippen molar-refractivity contribution < 1.29 is 24.1 Å². The maximum absolute atomic E-state index is 10.2. The summed E-state index contributed by atoms with van der Waals surface area (Å²) in [5, 5.41) is 10.2. The molecule has 0 aliphatic carbocycles. The topological polar surface area (TPSA) is 60.4 Å². The first-order chi connectivity index (χ1) is 12.1. The Kier molecular flexibility index (Phi) is 10.9. The number of hydrogen-bond donors (Lipinski definition) is 1. The summed E-state index contributed by atoms with van der Waals surface area (Å²) < 4.78 is 21.1. The van der Waals surface area contributed by atoms with Gasteiger partial charge in [-0.1, -0.05) is 12.1 Å². The van der Waals surface area contributed by atoms with Gasteiger partial charge in [0.25, 0.3) is 0 Å². The zero-order chi connectivity index (χ0) is 18.5. The minimum atomic E-state index is -0.553. The van der Waals surface area contributed by atoms with Gasteiger partial charge in [-0.3, -0.25) is 4.90 Å². The van der Waals surface area contributed by atoms with Crippen molar-refractivity contribution in [2.75, 3.05) is 54.2 Å². The van der Waals surface area contributed by atoms with Crippen LogP contribution in [0.25, 0.3) is 0 Å². The predicted molar refractivity (Wildman–Crippen MR) is 98.3 cm³/mol. The summed E-state index contributed by atoms with van der Waals surface area (Å²) in [6.07, 6.45) is 2.01. The smallest absolute Gasteiger partial charge is 0.161 e. The summed E-state index contributed by atoms with van der Waals surface area (Å²) in [7, 11) is 4.93. The molecule has 0 aromatic heterocycles. The first-order valence-corrected chi connectivity index (χ1v) is 8.43. The van der Waals surface area contributed by atoms with Crippen molar-refractivity contribution in [2.24, 2.45) is 0 Å². The molecule has 0 bridgehead atoms. The number of aliphatic hydroxyl groups is 1. The highest BCUT2D eigenvalue weighted by atomic mass is 16.5. The highest BCUT2D eigenvalue weighted by Gasteiger charge is 2.14. The summed E-state index contributed by atoms with van der Waals surface area (Å²) in [6, 6.07) is 5.86. The molecule has 1 N–H and O–H groups in total. The zero-order valence-electron chi connectivity index (χ0n) is 15.6. The van der Waals surface area contributed by atoms with Crippen LogP contribution in [0.3, 0.4) is 0 Å². The lowest BCUT2D eigenvalue weighted by atomic mass is 10.1.